The Labute approximate surface area is 168 Å². The Morgan fingerprint density at radius 3 is 2.27 bits per heavy atom. The first-order chi connectivity index (χ1) is 12.5. The minimum atomic E-state index is -0.649. The molecule has 2 rings (SSSR count). The number of urea groups is 1. The van der Waals surface area contributed by atoms with Crippen molar-refractivity contribution in [1.82, 2.24) is 0 Å². The first-order valence-corrected chi connectivity index (χ1v) is 9.22. The number of hydrogen-bond acceptors (Lipinski definition) is 4. The zero-order chi connectivity index (χ0) is 18.9. The van der Waals surface area contributed by atoms with Crippen molar-refractivity contribution in [3.8, 4) is 11.5 Å². The Hall–Kier alpha value is -1.76. The van der Waals surface area contributed by atoms with Crippen LogP contribution in [0.3, 0.4) is 0 Å². The number of para-hydroxylation sites is 1. The molecule has 0 fully saturated rings. The van der Waals surface area contributed by atoms with Crippen LogP contribution in [0.4, 0.5) is 10.5 Å². The Kier molecular flexibility index (Phi) is 8.22. The van der Waals surface area contributed by atoms with E-state index in [0.717, 1.165) is 23.6 Å². The molecule has 0 saturated heterocycles. The van der Waals surface area contributed by atoms with Gasteiger partial charge in [0.15, 0.2) is 5.75 Å². The Morgan fingerprint density at radius 2 is 1.62 bits per heavy atom. The largest absolute Gasteiger partial charge is 0.494 e. The average molecular weight is 415 g/mol. The number of carbonyl (C=O) groups is 1. The van der Waals surface area contributed by atoms with Crippen LogP contribution in [0.15, 0.2) is 42.5 Å². The first kappa shape index (κ1) is 20.6. The van der Waals surface area contributed by atoms with Crippen molar-refractivity contribution in [3.05, 3.63) is 52.5 Å². The number of benzene rings is 2. The van der Waals surface area contributed by atoms with Crippen molar-refractivity contribution in [1.29, 1.82) is 0 Å². The summed E-state index contributed by atoms with van der Waals surface area (Å²) in [6.07, 6.45) is 2.66. The van der Waals surface area contributed by atoms with Crippen LogP contribution in [0.1, 0.15) is 19.3 Å². The molecule has 0 atom stereocenters. The molecule has 2 N–H and O–H groups in total. The van der Waals surface area contributed by atoms with Gasteiger partial charge in [-0.15, -0.1) is 0 Å². The predicted octanol–water partition coefficient (Wildman–Crippen LogP) is 5.35. The van der Waals surface area contributed by atoms with Gasteiger partial charge >= 0.3 is 6.03 Å². The molecule has 0 aliphatic carbocycles. The summed E-state index contributed by atoms with van der Waals surface area (Å²) < 4.78 is 12.4. The lowest BCUT2D eigenvalue weighted by atomic mass is 10.2. The minimum absolute atomic E-state index is 0.509. The second-order valence-electron chi connectivity index (χ2n) is 5.46. The van der Waals surface area contributed by atoms with Gasteiger partial charge in [-0.25, -0.2) is 9.10 Å². The summed E-state index contributed by atoms with van der Waals surface area (Å²) in [4.78, 5) is 11.1. The molecular weight excluding hydrogens is 395 g/mol. The number of rotatable bonds is 9. The van der Waals surface area contributed by atoms with Crippen LogP contribution in [0.2, 0.25) is 10.0 Å². The molecule has 0 aliphatic rings. The number of amides is 2. The second kappa shape index (κ2) is 10.4. The SMILES string of the molecule is NC(=O)N(S)c1cccc(OCCCCCOc2c(Cl)cccc2Cl)c1. The van der Waals surface area contributed by atoms with Crippen molar-refractivity contribution >= 4 is 47.7 Å². The van der Waals surface area contributed by atoms with Crippen molar-refractivity contribution in [3.63, 3.8) is 0 Å². The standard InChI is InChI=1S/C18H20Cl2N2O3S/c19-15-8-5-9-16(20)17(15)25-11-3-1-2-10-24-14-7-4-6-13(12-14)22(26)18(21)23/h4-9,12,26H,1-3,10-11H2,(H2,21,23). The lowest BCUT2D eigenvalue weighted by Crippen LogP contribution is -2.27. The van der Waals surface area contributed by atoms with E-state index < -0.39 is 6.03 Å². The lowest BCUT2D eigenvalue weighted by Gasteiger charge is -2.14. The molecule has 0 aromatic heterocycles. The maximum Gasteiger partial charge on any atom is 0.329 e. The molecule has 2 amide bonds. The third kappa shape index (κ3) is 6.20. The molecule has 0 radical (unpaired) electrons. The fraction of sp³-hybridized carbons (Fsp3) is 0.278. The molecule has 0 spiro atoms. The number of hydrogen-bond donors (Lipinski definition) is 2. The summed E-state index contributed by atoms with van der Waals surface area (Å²) in [6, 6.07) is 11.6. The van der Waals surface area contributed by atoms with Gasteiger partial charge in [0, 0.05) is 6.07 Å². The summed E-state index contributed by atoms with van der Waals surface area (Å²) >= 11 is 16.1. The molecule has 0 saturated carbocycles. The molecule has 0 heterocycles. The molecule has 8 heteroatoms. The Bertz CT molecular complexity index is 726. The lowest BCUT2D eigenvalue weighted by molar-refractivity contribution is 0.257. The van der Waals surface area contributed by atoms with Gasteiger partial charge in [0.25, 0.3) is 0 Å². The molecule has 2 aromatic carbocycles. The van der Waals surface area contributed by atoms with Crippen molar-refractivity contribution in [2.45, 2.75) is 19.3 Å². The van der Waals surface area contributed by atoms with E-state index in [9.17, 15) is 4.79 Å². The van der Waals surface area contributed by atoms with E-state index in [1.165, 1.54) is 0 Å². The molecule has 140 valence electrons. The summed E-state index contributed by atoms with van der Waals surface area (Å²) in [5, 5.41) is 1.02. The maximum atomic E-state index is 11.1. The summed E-state index contributed by atoms with van der Waals surface area (Å²) in [5.41, 5.74) is 5.75. The third-order valence-electron chi connectivity index (χ3n) is 3.49. The Balaban J connectivity index is 1.67. The number of thiol groups is 1. The van der Waals surface area contributed by atoms with Crippen LogP contribution in [0.5, 0.6) is 11.5 Å². The van der Waals surface area contributed by atoms with Gasteiger partial charge in [-0.3, -0.25) is 0 Å². The van der Waals surface area contributed by atoms with E-state index in [1.807, 2.05) is 6.07 Å². The van der Waals surface area contributed by atoms with Crippen LogP contribution in [0, 0.1) is 0 Å². The molecule has 0 unspecified atom stereocenters. The highest BCUT2D eigenvalue weighted by atomic mass is 35.5. The highest BCUT2D eigenvalue weighted by Gasteiger charge is 2.08. The number of ether oxygens (including phenoxy) is 2. The van der Waals surface area contributed by atoms with E-state index in [4.69, 9.17) is 38.4 Å². The molecule has 5 nitrogen and oxygen atoms in total. The third-order valence-corrected chi connectivity index (χ3v) is 4.52. The van der Waals surface area contributed by atoms with Gasteiger partial charge in [-0.1, -0.05) is 48.1 Å². The zero-order valence-electron chi connectivity index (χ0n) is 14.0. The number of unbranched alkanes of at least 4 members (excludes halogenated alkanes) is 2. The van der Waals surface area contributed by atoms with Crippen molar-refractivity contribution < 1.29 is 14.3 Å². The highest BCUT2D eigenvalue weighted by Crippen LogP contribution is 2.32. The monoisotopic (exact) mass is 414 g/mol. The average Bonchev–Trinajstić information content (AvgIpc) is 2.62. The fourth-order valence-corrected chi connectivity index (χ4v) is 2.83. The zero-order valence-corrected chi connectivity index (χ0v) is 16.4. The predicted molar refractivity (Wildman–Crippen MR) is 109 cm³/mol. The van der Waals surface area contributed by atoms with E-state index >= 15 is 0 Å². The summed E-state index contributed by atoms with van der Waals surface area (Å²) in [6.45, 7) is 1.09. The number of primary amides is 1. The highest BCUT2D eigenvalue weighted by molar-refractivity contribution is 7.82. The number of nitrogens with two attached hydrogens (primary N) is 1. The van der Waals surface area contributed by atoms with Gasteiger partial charge < -0.3 is 15.2 Å². The molecule has 0 aliphatic heterocycles. The van der Waals surface area contributed by atoms with Gasteiger partial charge in [0.1, 0.15) is 5.75 Å². The van der Waals surface area contributed by atoms with Crippen LogP contribution in [-0.4, -0.2) is 19.2 Å². The van der Waals surface area contributed by atoms with Crippen LogP contribution in [-0.2, 0) is 0 Å². The van der Waals surface area contributed by atoms with Crippen LogP contribution < -0.4 is 19.5 Å². The first-order valence-electron chi connectivity index (χ1n) is 8.07. The van der Waals surface area contributed by atoms with E-state index in [1.54, 1.807) is 36.4 Å². The topological polar surface area (TPSA) is 64.8 Å². The van der Waals surface area contributed by atoms with Gasteiger partial charge in [0.05, 0.1) is 28.9 Å². The van der Waals surface area contributed by atoms with Crippen LogP contribution >= 0.6 is 36.0 Å². The smallest absolute Gasteiger partial charge is 0.329 e. The van der Waals surface area contributed by atoms with Gasteiger partial charge in [-0.2, -0.15) is 0 Å². The van der Waals surface area contributed by atoms with E-state index in [-0.39, 0.29) is 0 Å². The molecule has 26 heavy (non-hydrogen) atoms. The molecular formula is C18H20Cl2N2O3S. The summed E-state index contributed by atoms with van der Waals surface area (Å²) in [5.74, 6) is 1.18. The Morgan fingerprint density at radius 1 is 1.00 bits per heavy atom. The number of anilines is 1. The van der Waals surface area contributed by atoms with Crippen molar-refractivity contribution in [2.24, 2.45) is 5.73 Å². The van der Waals surface area contributed by atoms with Crippen LogP contribution in [0.25, 0.3) is 0 Å². The number of carbonyl (C=O) groups excluding carboxylic acids is 1. The van der Waals surface area contributed by atoms with E-state index in [0.29, 0.717) is 40.4 Å². The van der Waals surface area contributed by atoms with Gasteiger partial charge in [-0.05, 0) is 43.5 Å². The number of nitrogens with zero attached hydrogens (tertiary/aromatic N) is 1. The van der Waals surface area contributed by atoms with Gasteiger partial charge in [0.2, 0.25) is 0 Å². The normalized spacial score (nSPS) is 10.4. The molecule has 0 bridgehead atoms. The van der Waals surface area contributed by atoms with E-state index in [2.05, 4.69) is 12.8 Å². The van der Waals surface area contributed by atoms with Crippen molar-refractivity contribution in [2.75, 3.05) is 17.5 Å². The quantitative estimate of drug-likeness (QED) is 0.429. The minimum Gasteiger partial charge on any atom is -0.494 e. The summed E-state index contributed by atoms with van der Waals surface area (Å²) in [7, 11) is 0. The maximum absolute atomic E-state index is 11.1. The molecule has 2 aromatic rings. The fourth-order valence-electron chi connectivity index (χ4n) is 2.20. The second-order valence-corrected chi connectivity index (χ2v) is 6.67. The number of halogens is 2.